The Morgan fingerprint density at radius 3 is 2.65 bits per heavy atom. The third-order valence-electron chi connectivity index (χ3n) is 3.01. The zero-order valence-electron chi connectivity index (χ0n) is 12.1. The Morgan fingerprint density at radius 2 is 2.10 bits per heavy atom. The lowest BCUT2D eigenvalue weighted by molar-refractivity contribution is -0.137. The maximum absolute atomic E-state index is 11.7. The number of carboxylic acids is 1. The van der Waals surface area contributed by atoms with Gasteiger partial charge >= 0.3 is 12.0 Å². The van der Waals surface area contributed by atoms with Crippen LogP contribution < -0.4 is 10.6 Å². The van der Waals surface area contributed by atoms with Crippen molar-refractivity contribution in [3.05, 3.63) is 22.4 Å². The summed E-state index contributed by atoms with van der Waals surface area (Å²) in [5.74, 6) is -0.929. The van der Waals surface area contributed by atoms with Gasteiger partial charge in [0.25, 0.3) is 0 Å². The molecule has 0 aromatic carbocycles. The van der Waals surface area contributed by atoms with Gasteiger partial charge in [-0.1, -0.05) is 26.8 Å². The Bertz CT molecular complexity index is 443. The first-order chi connectivity index (χ1) is 9.31. The zero-order valence-corrected chi connectivity index (χ0v) is 12.9. The minimum atomic E-state index is -0.849. The van der Waals surface area contributed by atoms with Gasteiger partial charge in [-0.15, -0.1) is 11.3 Å². The van der Waals surface area contributed by atoms with Crippen molar-refractivity contribution >= 4 is 23.3 Å². The summed E-state index contributed by atoms with van der Waals surface area (Å²) >= 11 is 1.67. The van der Waals surface area contributed by atoms with Gasteiger partial charge in [0.2, 0.25) is 0 Å². The Hall–Kier alpha value is -1.56. The second-order valence-corrected chi connectivity index (χ2v) is 6.58. The maximum Gasteiger partial charge on any atom is 0.314 e. The van der Waals surface area contributed by atoms with E-state index in [1.165, 1.54) is 4.88 Å². The summed E-state index contributed by atoms with van der Waals surface area (Å²) in [6, 6.07) is 3.79. The van der Waals surface area contributed by atoms with Crippen molar-refractivity contribution in [3.63, 3.8) is 0 Å². The first-order valence-corrected chi connectivity index (χ1v) is 7.46. The van der Waals surface area contributed by atoms with E-state index in [4.69, 9.17) is 5.11 Å². The number of carbonyl (C=O) groups is 2. The summed E-state index contributed by atoms with van der Waals surface area (Å²) in [5, 5.41) is 16.2. The molecule has 3 N–H and O–H groups in total. The predicted octanol–water partition coefficient (Wildman–Crippen LogP) is 2.44. The van der Waals surface area contributed by atoms with Crippen LogP contribution in [0.25, 0.3) is 0 Å². The molecular weight excluding hydrogens is 276 g/mol. The lowest BCUT2D eigenvalue weighted by Gasteiger charge is -2.24. The number of nitrogens with one attached hydrogen (secondary N) is 2. The summed E-state index contributed by atoms with van der Waals surface area (Å²) in [7, 11) is 0. The molecule has 5 nitrogen and oxygen atoms in total. The molecule has 1 rings (SSSR count). The highest BCUT2D eigenvalue weighted by atomic mass is 32.1. The molecule has 1 aromatic heterocycles. The van der Waals surface area contributed by atoms with Crippen molar-refractivity contribution in [1.29, 1.82) is 0 Å². The van der Waals surface area contributed by atoms with E-state index in [9.17, 15) is 9.59 Å². The quantitative estimate of drug-likeness (QED) is 0.723. The summed E-state index contributed by atoms with van der Waals surface area (Å²) in [6.45, 7) is 6.84. The van der Waals surface area contributed by atoms with Crippen LogP contribution in [0, 0.1) is 5.92 Å². The molecule has 0 fully saturated rings. The number of carbonyl (C=O) groups excluding carboxylic acids is 1. The van der Waals surface area contributed by atoms with E-state index in [1.54, 1.807) is 18.3 Å². The van der Waals surface area contributed by atoms with E-state index in [0.717, 1.165) is 0 Å². The molecule has 112 valence electrons. The molecule has 1 unspecified atom stereocenters. The van der Waals surface area contributed by atoms with Crippen molar-refractivity contribution in [1.82, 2.24) is 10.6 Å². The molecular formula is C14H22N2O3S. The smallest absolute Gasteiger partial charge is 0.314 e. The number of hydrogen-bond acceptors (Lipinski definition) is 3. The third kappa shape index (κ3) is 5.61. The maximum atomic E-state index is 11.7. The van der Waals surface area contributed by atoms with Crippen LogP contribution in [0.3, 0.4) is 0 Å². The first kappa shape index (κ1) is 16.5. The fourth-order valence-electron chi connectivity index (χ4n) is 1.75. The molecule has 6 heteroatoms. The molecule has 0 spiro atoms. The Labute approximate surface area is 123 Å². The van der Waals surface area contributed by atoms with Gasteiger partial charge in [0.15, 0.2) is 0 Å². The minimum Gasteiger partial charge on any atom is -0.481 e. The molecule has 20 heavy (non-hydrogen) atoms. The van der Waals surface area contributed by atoms with Crippen molar-refractivity contribution in [2.75, 3.05) is 13.1 Å². The molecule has 1 aromatic rings. The highest BCUT2D eigenvalue weighted by Gasteiger charge is 2.22. The van der Waals surface area contributed by atoms with Gasteiger partial charge in [0, 0.05) is 29.8 Å². The van der Waals surface area contributed by atoms with E-state index in [-0.39, 0.29) is 23.8 Å². The largest absolute Gasteiger partial charge is 0.481 e. The van der Waals surface area contributed by atoms with Gasteiger partial charge in [0.05, 0.1) is 0 Å². The van der Waals surface area contributed by atoms with Crippen LogP contribution in [0.4, 0.5) is 4.79 Å². The Balaban J connectivity index is 2.31. The summed E-state index contributed by atoms with van der Waals surface area (Å²) < 4.78 is 0. The van der Waals surface area contributed by atoms with Crippen LogP contribution in [0.5, 0.6) is 0 Å². The van der Waals surface area contributed by atoms with Gasteiger partial charge in [-0.3, -0.25) is 4.79 Å². The molecule has 0 aliphatic rings. The number of amides is 2. The SMILES string of the molecule is CC(CNC(=O)NCC(C)(C)c1cccs1)CC(=O)O. The van der Waals surface area contributed by atoms with E-state index in [0.29, 0.717) is 13.1 Å². The number of rotatable bonds is 7. The summed E-state index contributed by atoms with van der Waals surface area (Å²) in [4.78, 5) is 23.4. The van der Waals surface area contributed by atoms with Crippen molar-refractivity contribution in [2.24, 2.45) is 5.92 Å². The summed E-state index contributed by atoms with van der Waals surface area (Å²) in [6.07, 6.45) is 0.0565. The van der Waals surface area contributed by atoms with Crippen molar-refractivity contribution in [3.8, 4) is 0 Å². The van der Waals surface area contributed by atoms with Gasteiger partial charge in [-0.25, -0.2) is 4.79 Å². The van der Waals surface area contributed by atoms with Crippen LogP contribution >= 0.6 is 11.3 Å². The van der Waals surface area contributed by atoms with Gasteiger partial charge < -0.3 is 15.7 Å². The highest BCUT2D eigenvalue weighted by Crippen LogP contribution is 2.26. The predicted molar refractivity (Wildman–Crippen MR) is 80.2 cm³/mol. The number of aliphatic carboxylic acids is 1. The number of thiophene rings is 1. The van der Waals surface area contributed by atoms with E-state index in [2.05, 4.69) is 30.5 Å². The molecule has 1 atom stereocenters. The molecule has 0 saturated heterocycles. The molecule has 0 radical (unpaired) electrons. The molecule has 0 saturated carbocycles. The number of carboxylic acid groups (broad SMARTS) is 1. The average Bonchev–Trinajstić information content (AvgIpc) is 2.87. The highest BCUT2D eigenvalue weighted by molar-refractivity contribution is 7.10. The minimum absolute atomic E-state index is 0.0565. The second-order valence-electron chi connectivity index (χ2n) is 5.63. The molecule has 0 bridgehead atoms. The van der Waals surface area contributed by atoms with Crippen molar-refractivity contribution in [2.45, 2.75) is 32.6 Å². The lowest BCUT2D eigenvalue weighted by Crippen LogP contribution is -2.43. The van der Waals surface area contributed by atoms with Crippen LogP contribution in [0.15, 0.2) is 17.5 Å². The van der Waals surface area contributed by atoms with Gasteiger partial charge in [-0.05, 0) is 17.4 Å². The van der Waals surface area contributed by atoms with Crippen LogP contribution in [0.1, 0.15) is 32.1 Å². The van der Waals surface area contributed by atoms with Crippen LogP contribution in [0.2, 0.25) is 0 Å². The van der Waals surface area contributed by atoms with E-state index in [1.807, 2.05) is 11.4 Å². The van der Waals surface area contributed by atoms with Gasteiger partial charge in [0.1, 0.15) is 0 Å². The standard InChI is InChI=1S/C14H22N2O3S/c1-10(7-12(17)18)8-15-13(19)16-9-14(2,3)11-5-4-6-20-11/h4-6,10H,7-9H2,1-3H3,(H,17,18)(H2,15,16,19). The normalized spacial score (nSPS) is 12.8. The topological polar surface area (TPSA) is 78.4 Å². The first-order valence-electron chi connectivity index (χ1n) is 6.59. The van der Waals surface area contributed by atoms with Crippen LogP contribution in [-0.2, 0) is 10.2 Å². The molecule has 2 amide bonds. The molecule has 0 aliphatic carbocycles. The summed E-state index contributed by atoms with van der Waals surface area (Å²) in [5.41, 5.74) is -0.113. The zero-order chi connectivity index (χ0) is 15.2. The third-order valence-corrected chi connectivity index (χ3v) is 4.25. The average molecular weight is 298 g/mol. The fourth-order valence-corrected chi connectivity index (χ4v) is 2.60. The van der Waals surface area contributed by atoms with Crippen molar-refractivity contribution < 1.29 is 14.7 Å². The molecule has 0 aliphatic heterocycles. The number of urea groups is 1. The number of hydrogen-bond donors (Lipinski definition) is 3. The second kappa shape index (κ2) is 7.28. The monoisotopic (exact) mass is 298 g/mol. The van der Waals surface area contributed by atoms with Crippen LogP contribution in [-0.4, -0.2) is 30.2 Å². The van der Waals surface area contributed by atoms with E-state index >= 15 is 0 Å². The molecule has 1 heterocycles. The fraction of sp³-hybridized carbons (Fsp3) is 0.571. The Kier molecular flexibility index (Phi) is 6.01. The van der Waals surface area contributed by atoms with Gasteiger partial charge in [-0.2, -0.15) is 0 Å². The lowest BCUT2D eigenvalue weighted by atomic mass is 9.91. The Morgan fingerprint density at radius 1 is 1.40 bits per heavy atom. The van der Waals surface area contributed by atoms with E-state index < -0.39 is 5.97 Å².